The van der Waals surface area contributed by atoms with Crippen LogP contribution in [0.25, 0.3) is 10.6 Å². The van der Waals surface area contributed by atoms with Crippen molar-refractivity contribution in [3.63, 3.8) is 0 Å². The average molecular weight is 427 g/mol. The van der Waals surface area contributed by atoms with E-state index in [4.69, 9.17) is 14.5 Å². The van der Waals surface area contributed by atoms with Gasteiger partial charge in [-0.2, -0.15) is 5.10 Å². The van der Waals surface area contributed by atoms with Crippen molar-refractivity contribution in [2.24, 2.45) is 12.0 Å². The summed E-state index contributed by atoms with van der Waals surface area (Å²) in [6, 6.07) is 7.96. The number of thiazole rings is 1. The third kappa shape index (κ3) is 4.63. The lowest BCUT2D eigenvalue weighted by Crippen LogP contribution is -2.47. The number of hydrogen-bond acceptors (Lipinski definition) is 6. The molecule has 1 N–H and O–H groups in total. The molecule has 9 heteroatoms. The van der Waals surface area contributed by atoms with Crippen LogP contribution in [-0.4, -0.2) is 59.5 Å². The van der Waals surface area contributed by atoms with Crippen LogP contribution in [0, 0.1) is 0 Å². The second-order valence-electron chi connectivity index (χ2n) is 7.03. The number of benzene rings is 1. The zero-order chi connectivity index (χ0) is 20.9. The number of methoxy groups -OCH3 is 1. The minimum atomic E-state index is -0.00746. The fraction of sp³-hybridized carbons (Fsp3) is 0.381. The maximum atomic E-state index is 5.94. The summed E-state index contributed by atoms with van der Waals surface area (Å²) in [4.78, 5) is 11.4. The first-order valence-corrected chi connectivity index (χ1v) is 10.7. The highest BCUT2D eigenvalue weighted by molar-refractivity contribution is 7.13. The lowest BCUT2D eigenvalue weighted by atomic mass is 10.1. The fourth-order valence-corrected chi connectivity index (χ4v) is 4.23. The number of rotatable bonds is 5. The van der Waals surface area contributed by atoms with Gasteiger partial charge in [0.2, 0.25) is 0 Å². The highest BCUT2D eigenvalue weighted by Gasteiger charge is 2.25. The van der Waals surface area contributed by atoms with Crippen LogP contribution in [0.3, 0.4) is 0 Å². The highest BCUT2D eigenvalue weighted by Crippen LogP contribution is 2.26. The Morgan fingerprint density at radius 1 is 1.37 bits per heavy atom. The van der Waals surface area contributed by atoms with Gasteiger partial charge in [-0.25, -0.2) is 4.98 Å². The molecule has 1 saturated heterocycles. The molecule has 2 aromatic heterocycles. The molecule has 0 bridgehead atoms. The minimum absolute atomic E-state index is 0.00746. The van der Waals surface area contributed by atoms with Gasteiger partial charge < -0.3 is 19.7 Å². The lowest BCUT2D eigenvalue weighted by Gasteiger charge is -2.34. The largest absolute Gasteiger partial charge is 0.497 e. The molecule has 0 saturated carbocycles. The molecule has 3 heterocycles. The van der Waals surface area contributed by atoms with Gasteiger partial charge >= 0.3 is 0 Å². The molecule has 1 aliphatic rings. The van der Waals surface area contributed by atoms with E-state index in [1.54, 1.807) is 30.2 Å². The van der Waals surface area contributed by atoms with Crippen LogP contribution in [-0.2, 0) is 18.3 Å². The zero-order valence-electron chi connectivity index (χ0n) is 17.4. The van der Waals surface area contributed by atoms with E-state index in [0.29, 0.717) is 13.2 Å². The summed E-state index contributed by atoms with van der Waals surface area (Å²) in [6.45, 7) is 2.80. The summed E-state index contributed by atoms with van der Waals surface area (Å²) in [6.07, 6.45) is 3.85. The number of ether oxygens (including phenoxy) is 2. The molecule has 0 radical (unpaired) electrons. The Morgan fingerprint density at radius 2 is 2.20 bits per heavy atom. The number of morpholine rings is 1. The number of hydrogen-bond donors (Lipinski definition) is 1. The van der Waals surface area contributed by atoms with Gasteiger partial charge in [0.1, 0.15) is 16.9 Å². The third-order valence-electron chi connectivity index (χ3n) is 4.99. The molecule has 0 spiro atoms. The van der Waals surface area contributed by atoms with Gasteiger partial charge in [-0.1, -0.05) is 0 Å². The Kier molecular flexibility index (Phi) is 6.29. The van der Waals surface area contributed by atoms with Crippen molar-refractivity contribution in [1.29, 1.82) is 0 Å². The topological polar surface area (TPSA) is 76.8 Å². The molecule has 1 fully saturated rings. The van der Waals surface area contributed by atoms with Gasteiger partial charge in [0, 0.05) is 43.3 Å². The first kappa shape index (κ1) is 20.4. The smallest absolute Gasteiger partial charge is 0.194 e. The van der Waals surface area contributed by atoms with Crippen molar-refractivity contribution in [1.82, 2.24) is 25.0 Å². The fourth-order valence-electron chi connectivity index (χ4n) is 3.41. The molecule has 158 valence electrons. The highest BCUT2D eigenvalue weighted by atomic mass is 32.1. The number of aliphatic imine (C=N–C) groups is 1. The molecule has 4 rings (SSSR count). The molecule has 0 amide bonds. The summed E-state index contributed by atoms with van der Waals surface area (Å²) in [5.74, 6) is 1.70. The zero-order valence-corrected chi connectivity index (χ0v) is 18.2. The second-order valence-corrected chi connectivity index (χ2v) is 7.88. The van der Waals surface area contributed by atoms with E-state index in [1.165, 1.54) is 0 Å². The molecule has 30 heavy (non-hydrogen) atoms. The summed E-state index contributed by atoms with van der Waals surface area (Å²) in [7, 11) is 5.39. The first-order chi connectivity index (χ1) is 14.7. The predicted octanol–water partition coefficient (Wildman–Crippen LogP) is 2.70. The van der Waals surface area contributed by atoms with Crippen LogP contribution in [0.5, 0.6) is 5.75 Å². The Balaban J connectivity index is 1.37. The Morgan fingerprint density at radius 3 is 2.90 bits per heavy atom. The monoisotopic (exact) mass is 426 g/mol. The molecule has 1 aromatic carbocycles. The molecule has 1 atom stereocenters. The quantitative estimate of drug-likeness (QED) is 0.499. The second kappa shape index (κ2) is 9.27. The molecule has 1 aliphatic heterocycles. The standard InChI is InChI=1S/C21H26N6O2S/c1-22-21(27-8-9-29-19(13-27)16-10-24-26(2)12-16)23-11-17-14-30-20(25-17)15-4-6-18(28-3)7-5-15/h4-7,10,12,14,19H,8-9,11,13H2,1-3H3,(H,22,23). The summed E-state index contributed by atoms with van der Waals surface area (Å²) in [5, 5.41) is 10.8. The van der Waals surface area contributed by atoms with Crippen molar-refractivity contribution in [2.75, 3.05) is 33.9 Å². The van der Waals surface area contributed by atoms with Crippen LogP contribution < -0.4 is 10.1 Å². The van der Waals surface area contributed by atoms with Crippen LogP contribution in [0.4, 0.5) is 0 Å². The lowest BCUT2D eigenvalue weighted by molar-refractivity contribution is -0.00805. The van der Waals surface area contributed by atoms with E-state index in [-0.39, 0.29) is 6.10 Å². The Hall–Kier alpha value is -2.91. The Bertz CT molecular complexity index is 997. The average Bonchev–Trinajstić information content (AvgIpc) is 3.44. The van der Waals surface area contributed by atoms with E-state index in [1.807, 2.05) is 43.7 Å². The van der Waals surface area contributed by atoms with E-state index >= 15 is 0 Å². The van der Waals surface area contributed by atoms with E-state index in [2.05, 4.69) is 25.7 Å². The maximum Gasteiger partial charge on any atom is 0.194 e. The summed E-state index contributed by atoms with van der Waals surface area (Å²) < 4.78 is 13.0. The predicted molar refractivity (Wildman–Crippen MR) is 118 cm³/mol. The Labute approximate surface area is 180 Å². The van der Waals surface area contributed by atoms with Crippen molar-refractivity contribution >= 4 is 17.3 Å². The molecule has 8 nitrogen and oxygen atoms in total. The molecule has 3 aromatic rings. The van der Waals surface area contributed by atoms with Crippen LogP contribution in [0.1, 0.15) is 17.4 Å². The van der Waals surface area contributed by atoms with Crippen molar-refractivity contribution < 1.29 is 9.47 Å². The van der Waals surface area contributed by atoms with Gasteiger partial charge in [0.05, 0.1) is 38.7 Å². The molecular weight excluding hydrogens is 400 g/mol. The number of nitrogens with zero attached hydrogens (tertiary/aromatic N) is 5. The molecule has 1 unspecified atom stereocenters. The van der Waals surface area contributed by atoms with E-state index < -0.39 is 0 Å². The number of guanidine groups is 1. The van der Waals surface area contributed by atoms with E-state index in [9.17, 15) is 0 Å². The van der Waals surface area contributed by atoms with Crippen LogP contribution >= 0.6 is 11.3 Å². The third-order valence-corrected chi connectivity index (χ3v) is 5.93. The SMILES string of the molecule is CN=C(NCc1csc(-c2ccc(OC)cc2)n1)N1CCOC(c2cnn(C)c2)C1. The van der Waals surface area contributed by atoms with Gasteiger partial charge in [0.25, 0.3) is 0 Å². The molecule has 0 aliphatic carbocycles. The van der Waals surface area contributed by atoms with Crippen LogP contribution in [0.2, 0.25) is 0 Å². The van der Waals surface area contributed by atoms with Crippen molar-refractivity contribution in [2.45, 2.75) is 12.6 Å². The van der Waals surface area contributed by atoms with Gasteiger partial charge in [-0.05, 0) is 24.3 Å². The van der Waals surface area contributed by atoms with Gasteiger partial charge in [-0.15, -0.1) is 11.3 Å². The summed E-state index contributed by atoms with van der Waals surface area (Å²) in [5.41, 5.74) is 3.16. The van der Waals surface area contributed by atoms with E-state index in [0.717, 1.165) is 46.6 Å². The minimum Gasteiger partial charge on any atom is -0.497 e. The van der Waals surface area contributed by atoms with Gasteiger partial charge in [-0.3, -0.25) is 9.67 Å². The van der Waals surface area contributed by atoms with Crippen LogP contribution in [0.15, 0.2) is 47.0 Å². The number of aryl methyl sites for hydroxylation is 1. The maximum absolute atomic E-state index is 5.94. The van der Waals surface area contributed by atoms with Crippen molar-refractivity contribution in [3.05, 3.63) is 53.3 Å². The van der Waals surface area contributed by atoms with Gasteiger partial charge in [0.15, 0.2) is 5.96 Å². The number of nitrogens with one attached hydrogen (secondary N) is 1. The summed E-state index contributed by atoms with van der Waals surface area (Å²) >= 11 is 1.64. The van der Waals surface area contributed by atoms with Crippen molar-refractivity contribution in [3.8, 4) is 16.3 Å². The molecular formula is C21H26N6O2S. The first-order valence-electron chi connectivity index (χ1n) is 9.81. The normalized spacial score (nSPS) is 17.2. The number of aromatic nitrogens is 3.